The van der Waals surface area contributed by atoms with Gasteiger partial charge in [0.2, 0.25) is 0 Å². The molecule has 1 spiro atoms. The molecule has 1 heterocycles. The van der Waals surface area contributed by atoms with Crippen molar-refractivity contribution < 1.29 is 4.74 Å². The molecule has 0 aromatic heterocycles. The maximum Gasteiger partial charge on any atom is 0.142 e. The van der Waals surface area contributed by atoms with E-state index in [0.717, 1.165) is 18.9 Å². The molecule has 0 atom stereocenters. The Balaban J connectivity index is 1.82. The first-order chi connectivity index (χ1) is 8.27. The number of fused-ring (bicyclic) bond motifs is 1. The van der Waals surface area contributed by atoms with Crippen molar-refractivity contribution in [3.8, 4) is 5.75 Å². The van der Waals surface area contributed by atoms with E-state index in [2.05, 4.69) is 30.4 Å². The minimum atomic E-state index is 0.380. The number of benzene rings is 1. The Hall–Kier alpha value is -1.18. The van der Waals surface area contributed by atoms with Crippen molar-refractivity contribution in [3.63, 3.8) is 0 Å². The summed E-state index contributed by atoms with van der Waals surface area (Å²) in [5.74, 6) is 1.03. The van der Waals surface area contributed by atoms with Gasteiger partial charge >= 0.3 is 0 Å². The molecular weight excluding hydrogens is 210 g/mol. The fourth-order valence-corrected chi connectivity index (χ4v) is 3.10. The minimum absolute atomic E-state index is 0.380. The summed E-state index contributed by atoms with van der Waals surface area (Å²) in [7, 11) is 0. The monoisotopic (exact) mass is 231 g/mol. The van der Waals surface area contributed by atoms with Gasteiger partial charge in [0, 0.05) is 12.0 Å². The van der Waals surface area contributed by atoms with Crippen LogP contribution in [0, 0.1) is 12.3 Å². The van der Waals surface area contributed by atoms with Crippen LogP contribution in [0.5, 0.6) is 5.75 Å². The highest BCUT2D eigenvalue weighted by molar-refractivity contribution is 5.58. The molecule has 0 bridgehead atoms. The predicted molar refractivity (Wildman–Crippen MR) is 70.7 cm³/mol. The maximum absolute atomic E-state index is 6.03. The summed E-state index contributed by atoms with van der Waals surface area (Å²) in [6.45, 7) is 4.09. The quantitative estimate of drug-likeness (QED) is 0.734. The second-order valence-electron chi connectivity index (χ2n) is 5.70. The first-order valence-electron chi connectivity index (χ1n) is 6.75. The van der Waals surface area contributed by atoms with Crippen molar-refractivity contribution in [1.29, 1.82) is 0 Å². The van der Waals surface area contributed by atoms with Crippen LogP contribution in [0.2, 0.25) is 0 Å². The van der Waals surface area contributed by atoms with E-state index in [-0.39, 0.29) is 0 Å². The van der Waals surface area contributed by atoms with E-state index in [9.17, 15) is 0 Å². The lowest BCUT2D eigenvalue weighted by molar-refractivity contribution is 0.115. The van der Waals surface area contributed by atoms with Gasteiger partial charge in [-0.25, -0.2) is 0 Å². The lowest BCUT2D eigenvalue weighted by Gasteiger charge is -2.35. The summed E-state index contributed by atoms with van der Waals surface area (Å²) >= 11 is 0. The highest BCUT2D eigenvalue weighted by atomic mass is 16.5. The average molecular weight is 231 g/mol. The third-order valence-electron chi connectivity index (χ3n) is 4.24. The third kappa shape index (κ3) is 2.13. The number of hydrogen-bond acceptors (Lipinski definition) is 2. The van der Waals surface area contributed by atoms with E-state index in [1.54, 1.807) is 0 Å². The van der Waals surface area contributed by atoms with Gasteiger partial charge in [0.15, 0.2) is 0 Å². The molecule has 1 aromatic carbocycles. The molecule has 1 aromatic rings. The summed E-state index contributed by atoms with van der Waals surface area (Å²) in [4.78, 5) is 0. The van der Waals surface area contributed by atoms with Gasteiger partial charge < -0.3 is 10.1 Å². The Labute approximate surface area is 103 Å². The highest BCUT2D eigenvalue weighted by Gasteiger charge is 2.34. The maximum atomic E-state index is 6.03. The molecule has 0 unspecified atom stereocenters. The van der Waals surface area contributed by atoms with Crippen LogP contribution in [-0.2, 0) is 0 Å². The first kappa shape index (κ1) is 10.9. The minimum Gasteiger partial charge on any atom is -0.491 e. The summed E-state index contributed by atoms with van der Waals surface area (Å²) in [6, 6.07) is 6.41. The lowest BCUT2D eigenvalue weighted by Crippen LogP contribution is -2.36. The van der Waals surface area contributed by atoms with Gasteiger partial charge in [-0.15, -0.1) is 0 Å². The van der Waals surface area contributed by atoms with Gasteiger partial charge in [-0.05, 0) is 37.5 Å². The van der Waals surface area contributed by atoms with Crippen LogP contribution in [0.1, 0.15) is 37.7 Å². The normalized spacial score (nSPS) is 22.2. The van der Waals surface area contributed by atoms with Crippen LogP contribution < -0.4 is 10.1 Å². The fraction of sp³-hybridized carbons (Fsp3) is 0.600. The summed E-state index contributed by atoms with van der Waals surface area (Å²) in [5.41, 5.74) is 2.84. The zero-order chi connectivity index (χ0) is 11.7. The van der Waals surface area contributed by atoms with Crippen LogP contribution in [-0.4, -0.2) is 13.2 Å². The largest absolute Gasteiger partial charge is 0.491 e. The molecule has 1 fully saturated rings. The molecule has 0 saturated heterocycles. The predicted octanol–water partition coefficient (Wildman–Crippen LogP) is 3.75. The molecule has 0 amide bonds. The van der Waals surface area contributed by atoms with E-state index < -0.39 is 0 Å². The topological polar surface area (TPSA) is 21.3 Å². The lowest BCUT2D eigenvalue weighted by atomic mass is 9.74. The van der Waals surface area contributed by atoms with Gasteiger partial charge in [-0.1, -0.05) is 25.3 Å². The molecule has 2 nitrogen and oxygen atoms in total. The molecule has 1 saturated carbocycles. The van der Waals surface area contributed by atoms with E-state index >= 15 is 0 Å². The molecular formula is C15H21NO. The Morgan fingerprint density at radius 3 is 2.82 bits per heavy atom. The standard InChI is InChI=1S/C15H21NO/c1-12-5-6-14-13(9-12)16-10-15(11-17-14)7-3-2-4-8-15/h5-6,9,16H,2-4,7-8,10-11H2,1H3. The van der Waals surface area contributed by atoms with Crippen molar-refractivity contribution in [2.45, 2.75) is 39.0 Å². The molecule has 2 heteroatoms. The first-order valence-corrected chi connectivity index (χ1v) is 6.75. The Morgan fingerprint density at radius 2 is 2.00 bits per heavy atom. The molecule has 17 heavy (non-hydrogen) atoms. The number of nitrogens with one attached hydrogen (secondary N) is 1. The van der Waals surface area contributed by atoms with Crippen LogP contribution in [0.15, 0.2) is 18.2 Å². The number of anilines is 1. The number of rotatable bonds is 0. The molecule has 0 radical (unpaired) electrons. The molecule has 1 aliphatic heterocycles. The molecule has 2 aliphatic rings. The van der Waals surface area contributed by atoms with Crippen LogP contribution in [0.4, 0.5) is 5.69 Å². The fourth-order valence-electron chi connectivity index (χ4n) is 3.10. The van der Waals surface area contributed by atoms with Gasteiger partial charge in [0.1, 0.15) is 5.75 Å². The second kappa shape index (κ2) is 4.25. The van der Waals surface area contributed by atoms with E-state index in [1.807, 2.05) is 0 Å². The van der Waals surface area contributed by atoms with Crippen LogP contribution in [0.3, 0.4) is 0 Å². The van der Waals surface area contributed by atoms with Crippen molar-refractivity contribution >= 4 is 5.69 Å². The van der Waals surface area contributed by atoms with E-state index in [0.29, 0.717) is 5.41 Å². The molecule has 1 N–H and O–H groups in total. The van der Waals surface area contributed by atoms with E-state index in [4.69, 9.17) is 4.74 Å². The van der Waals surface area contributed by atoms with Gasteiger partial charge in [0.05, 0.1) is 12.3 Å². The Morgan fingerprint density at radius 1 is 1.18 bits per heavy atom. The smallest absolute Gasteiger partial charge is 0.142 e. The van der Waals surface area contributed by atoms with Crippen LogP contribution in [0.25, 0.3) is 0 Å². The number of ether oxygens (including phenoxy) is 1. The summed E-state index contributed by atoms with van der Waals surface area (Å²) in [5, 5.41) is 3.60. The van der Waals surface area contributed by atoms with Crippen LogP contribution >= 0.6 is 0 Å². The molecule has 3 rings (SSSR count). The van der Waals surface area contributed by atoms with Gasteiger partial charge in [-0.2, -0.15) is 0 Å². The average Bonchev–Trinajstić information content (AvgIpc) is 2.52. The SMILES string of the molecule is Cc1ccc2c(c1)NCC1(CCCCC1)CO2. The summed E-state index contributed by atoms with van der Waals surface area (Å²) < 4.78 is 6.03. The van der Waals surface area contributed by atoms with Gasteiger partial charge in [-0.3, -0.25) is 0 Å². The Kier molecular flexibility index (Phi) is 2.73. The number of aryl methyl sites for hydroxylation is 1. The van der Waals surface area contributed by atoms with Gasteiger partial charge in [0.25, 0.3) is 0 Å². The molecule has 1 aliphatic carbocycles. The van der Waals surface area contributed by atoms with Crippen molar-refractivity contribution in [1.82, 2.24) is 0 Å². The zero-order valence-corrected chi connectivity index (χ0v) is 10.6. The number of hydrogen-bond donors (Lipinski definition) is 1. The highest BCUT2D eigenvalue weighted by Crippen LogP contribution is 2.40. The molecule has 92 valence electrons. The van der Waals surface area contributed by atoms with Crippen molar-refractivity contribution in [2.75, 3.05) is 18.5 Å². The van der Waals surface area contributed by atoms with E-state index in [1.165, 1.54) is 43.4 Å². The van der Waals surface area contributed by atoms with Crippen molar-refractivity contribution in [3.05, 3.63) is 23.8 Å². The third-order valence-corrected chi connectivity index (χ3v) is 4.24. The van der Waals surface area contributed by atoms with Crippen molar-refractivity contribution in [2.24, 2.45) is 5.41 Å². The Bertz CT molecular complexity index is 407. The second-order valence-corrected chi connectivity index (χ2v) is 5.70. The zero-order valence-electron chi connectivity index (χ0n) is 10.6. The summed E-state index contributed by atoms with van der Waals surface area (Å²) in [6.07, 6.45) is 6.74.